The van der Waals surface area contributed by atoms with E-state index in [0.717, 1.165) is 45.1 Å². The molecule has 8 rings (SSSR count). The number of rotatable bonds is 17. The van der Waals surface area contributed by atoms with Crippen LogP contribution in [0.4, 0.5) is 35.9 Å². The van der Waals surface area contributed by atoms with Gasteiger partial charge >= 0.3 is 11.5 Å². The maximum Gasteiger partial charge on any atom is 0.501 e. The van der Waals surface area contributed by atoms with Crippen molar-refractivity contribution in [1.29, 1.82) is 0 Å². The highest BCUT2D eigenvalue weighted by Gasteiger charge is 2.48. The largest absolute Gasteiger partial charge is 0.501 e. The number of likely N-dealkylation sites (tertiary alicyclic amines) is 1. The number of aromatic nitrogens is 1. The van der Waals surface area contributed by atoms with Crippen molar-refractivity contribution in [2.45, 2.75) is 51.6 Å². The number of piperidine rings is 1. The van der Waals surface area contributed by atoms with Crippen molar-refractivity contribution in [2.24, 2.45) is 7.05 Å². The fraction of sp³-hybridized carbons (Fsp3) is 0.300. The summed E-state index contributed by atoms with van der Waals surface area (Å²) in [6.45, 7) is 4.27. The van der Waals surface area contributed by atoms with Crippen molar-refractivity contribution in [1.82, 2.24) is 9.47 Å². The molecule has 3 heterocycles. The zero-order valence-electron chi connectivity index (χ0n) is 38.0. The summed E-state index contributed by atoms with van der Waals surface area (Å²) < 4.78 is 101. The second kappa shape index (κ2) is 21.3. The summed E-state index contributed by atoms with van der Waals surface area (Å²) in [7, 11) is -8.91. The van der Waals surface area contributed by atoms with Crippen LogP contribution in [0.2, 0.25) is 5.02 Å². The molecule has 0 spiro atoms. The highest BCUT2D eigenvalue weighted by molar-refractivity contribution is 7.99. The third kappa shape index (κ3) is 11.7. The number of aliphatic hydroxyl groups excluding tert-OH is 1. The predicted octanol–water partition coefficient (Wildman–Crippen LogP) is 9.55. The number of aliphatic hydroxyl groups is 1. The number of anilines is 4. The number of alkyl halides is 3. The Kier molecular flexibility index (Phi) is 15.4. The zero-order chi connectivity index (χ0) is 49.8. The number of sulfonamides is 1. The number of sulfone groups is 1. The highest BCUT2D eigenvalue weighted by atomic mass is 35.5. The molecule has 0 aliphatic carbocycles. The molecule has 1 unspecified atom stereocenters. The molecule has 0 amide bonds. The van der Waals surface area contributed by atoms with Gasteiger partial charge in [0.2, 0.25) is 0 Å². The number of nitrogens with one attached hydrogen (secondary N) is 2. The van der Waals surface area contributed by atoms with Crippen LogP contribution >= 0.6 is 23.4 Å². The molecule has 0 radical (unpaired) electrons. The number of carboxylic acid groups (broad SMARTS) is 1. The molecule has 0 bridgehead atoms. The van der Waals surface area contributed by atoms with Crippen LogP contribution in [-0.4, -0.2) is 112 Å². The van der Waals surface area contributed by atoms with Gasteiger partial charge in [0, 0.05) is 109 Å². The number of nitrogens with zero attached hydrogens (tertiary/aromatic N) is 4. The molecular formula is C50H52ClF3N6O7S3. The lowest BCUT2D eigenvalue weighted by Gasteiger charge is -2.37. The second-order valence-corrected chi connectivity index (χ2v) is 22.4. The third-order valence-corrected chi connectivity index (χ3v) is 16.9. The lowest BCUT2D eigenvalue weighted by molar-refractivity contribution is -0.0436. The van der Waals surface area contributed by atoms with Crippen molar-refractivity contribution in [2.75, 3.05) is 71.4 Å². The summed E-state index contributed by atoms with van der Waals surface area (Å²) in [5.74, 6) is -0.685. The molecule has 0 saturated carbocycles. The third-order valence-electron chi connectivity index (χ3n) is 12.6. The van der Waals surface area contributed by atoms with Crippen LogP contribution < -0.4 is 19.8 Å². The minimum atomic E-state index is -6.02. The second-order valence-electron chi connectivity index (χ2n) is 17.3. The Morgan fingerprint density at radius 2 is 1.46 bits per heavy atom. The quantitative estimate of drug-likeness (QED) is 0.0641. The standard InChI is InChI=1S/C50H52ClF3N6O7S3/c1-57-32-44(34-10-12-36(51)13-11-34)47(48(57)49(62)63)35-6-5-7-40(30-35)60-28-26-59(27-29-60)39-16-14-37(15-17-39)56-70(66,67)43-18-19-45(46(31-43)69(64,65)50(52,53)54)55-38(33-68-42-8-3-2-4-9-42)20-23-58-24-21-41(61)22-25-58/h2-19,30-32,38,41,55-56,61H,20-29,33H2,1H3,(H,62,63). The van der Waals surface area contributed by atoms with E-state index in [1.165, 1.54) is 23.9 Å². The zero-order valence-corrected chi connectivity index (χ0v) is 41.2. The summed E-state index contributed by atoms with van der Waals surface area (Å²) in [5.41, 5.74) is -1.18. The number of hydrogen-bond acceptors (Lipinski definition) is 11. The van der Waals surface area contributed by atoms with E-state index in [1.54, 1.807) is 42.1 Å². The van der Waals surface area contributed by atoms with E-state index in [9.17, 15) is 45.0 Å². The molecule has 2 saturated heterocycles. The number of piperazine rings is 1. The molecule has 1 aromatic heterocycles. The van der Waals surface area contributed by atoms with Gasteiger partial charge in [0.1, 0.15) is 10.6 Å². The van der Waals surface area contributed by atoms with Gasteiger partial charge in [-0.05, 0) is 109 Å². The van der Waals surface area contributed by atoms with Gasteiger partial charge in [0.25, 0.3) is 19.9 Å². The van der Waals surface area contributed by atoms with Crippen molar-refractivity contribution in [3.8, 4) is 22.3 Å². The molecule has 13 nitrogen and oxygen atoms in total. The maximum absolute atomic E-state index is 14.3. The van der Waals surface area contributed by atoms with Crippen molar-refractivity contribution in [3.63, 3.8) is 0 Å². The van der Waals surface area contributed by atoms with Gasteiger partial charge in [-0.15, -0.1) is 11.8 Å². The minimum absolute atomic E-state index is 0.115. The molecule has 370 valence electrons. The number of halogens is 4. The van der Waals surface area contributed by atoms with Crippen LogP contribution in [0.3, 0.4) is 0 Å². The molecule has 6 aromatic rings. The van der Waals surface area contributed by atoms with Gasteiger partial charge in [0.15, 0.2) is 0 Å². The Bertz CT molecular complexity index is 3020. The number of aryl methyl sites for hydroxylation is 1. The first-order chi connectivity index (χ1) is 33.4. The lowest BCUT2D eigenvalue weighted by atomic mass is 9.96. The smallest absolute Gasteiger partial charge is 0.477 e. The monoisotopic (exact) mass is 1040 g/mol. The number of aromatic carboxylic acids is 1. The Hall–Kier alpha value is -5.70. The fourth-order valence-electron chi connectivity index (χ4n) is 8.81. The average molecular weight is 1040 g/mol. The SMILES string of the molecule is Cn1cc(-c2ccc(Cl)cc2)c(-c2cccc(N3CCN(c4ccc(NS(=O)(=O)c5ccc(NC(CCN6CCC(O)CC6)CSc6ccccc6)c(S(=O)(=O)C(F)(F)F)c5)cc4)CC3)c2)c1C(=O)O. The summed E-state index contributed by atoms with van der Waals surface area (Å²) in [4.78, 5) is 18.0. The first kappa shape index (κ1) is 50.7. The number of carboxylic acids is 1. The Labute approximate surface area is 414 Å². The Morgan fingerprint density at radius 3 is 2.10 bits per heavy atom. The van der Waals surface area contributed by atoms with E-state index >= 15 is 0 Å². The summed E-state index contributed by atoms with van der Waals surface area (Å²) in [6.07, 6.45) is 3.04. The number of carbonyl (C=O) groups is 1. The van der Waals surface area contributed by atoms with E-state index in [2.05, 4.69) is 24.7 Å². The molecule has 2 fully saturated rings. The molecule has 70 heavy (non-hydrogen) atoms. The minimum Gasteiger partial charge on any atom is -0.477 e. The van der Waals surface area contributed by atoms with Crippen LogP contribution in [-0.2, 0) is 26.9 Å². The predicted molar refractivity (Wildman–Crippen MR) is 270 cm³/mol. The maximum atomic E-state index is 14.3. The Balaban J connectivity index is 0.955. The summed E-state index contributed by atoms with van der Waals surface area (Å²) >= 11 is 7.60. The first-order valence-corrected chi connectivity index (χ1v) is 26.9. The van der Waals surface area contributed by atoms with Crippen LogP contribution in [0, 0.1) is 0 Å². The fourth-order valence-corrected chi connectivity index (χ4v) is 12.0. The van der Waals surface area contributed by atoms with E-state index < -0.39 is 47.2 Å². The molecule has 4 N–H and O–H groups in total. The molecule has 2 aliphatic rings. The van der Waals surface area contributed by atoms with Crippen LogP contribution in [0.5, 0.6) is 0 Å². The topological polar surface area (TPSA) is 165 Å². The van der Waals surface area contributed by atoms with Gasteiger partial charge in [-0.1, -0.05) is 54.1 Å². The van der Waals surface area contributed by atoms with Gasteiger partial charge in [-0.3, -0.25) is 4.72 Å². The van der Waals surface area contributed by atoms with Crippen LogP contribution in [0.15, 0.2) is 142 Å². The van der Waals surface area contributed by atoms with Crippen LogP contribution in [0.25, 0.3) is 22.3 Å². The van der Waals surface area contributed by atoms with E-state index in [-0.39, 0.29) is 23.2 Å². The van der Waals surface area contributed by atoms with Gasteiger partial charge in [-0.25, -0.2) is 21.6 Å². The molecule has 5 aromatic carbocycles. The highest BCUT2D eigenvalue weighted by Crippen LogP contribution is 2.40. The van der Waals surface area contributed by atoms with Gasteiger partial charge in [-0.2, -0.15) is 13.2 Å². The van der Waals surface area contributed by atoms with Crippen molar-refractivity contribution in [3.05, 3.63) is 138 Å². The average Bonchev–Trinajstić information content (AvgIpc) is 3.70. The van der Waals surface area contributed by atoms with Crippen LogP contribution in [0.1, 0.15) is 29.8 Å². The number of benzene rings is 5. The number of hydrogen-bond donors (Lipinski definition) is 4. The van der Waals surface area contributed by atoms with Gasteiger partial charge in [0.05, 0.1) is 16.7 Å². The van der Waals surface area contributed by atoms with Gasteiger partial charge < -0.3 is 34.8 Å². The molecule has 20 heteroatoms. The van der Waals surface area contributed by atoms with E-state index in [4.69, 9.17) is 11.6 Å². The van der Waals surface area contributed by atoms with E-state index in [1.807, 2.05) is 66.7 Å². The summed E-state index contributed by atoms with van der Waals surface area (Å²) in [6, 6.07) is 33.0. The lowest BCUT2D eigenvalue weighted by Crippen LogP contribution is -2.46. The van der Waals surface area contributed by atoms with Crippen molar-refractivity contribution >= 4 is 71.9 Å². The summed E-state index contributed by atoms with van der Waals surface area (Å²) in [5, 5.41) is 23.8. The van der Waals surface area contributed by atoms with E-state index in [0.29, 0.717) is 87.5 Å². The van der Waals surface area contributed by atoms with Crippen molar-refractivity contribution < 1.29 is 45.0 Å². The first-order valence-electron chi connectivity index (χ1n) is 22.6. The number of thioether (sulfide) groups is 1. The molecular weight excluding hydrogens is 985 g/mol. The molecule has 2 aliphatic heterocycles. The normalized spacial score (nSPS) is 15.7. The Morgan fingerprint density at radius 1 is 0.800 bits per heavy atom. The molecule has 1 atom stereocenters.